The van der Waals surface area contributed by atoms with Crippen molar-refractivity contribution in [3.8, 4) is 12.3 Å². The molecule has 0 saturated carbocycles. The molecule has 1 atom stereocenters. The van der Waals surface area contributed by atoms with Gasteiger partial charge in [0.15, 0.2) is 0 Å². The van der Waals surface area contributed by atoms with Crippen LogP contribution in [0.5, 0.6) is 0 Å². The Kier molecular flexibility index (Phi) is 6.74. The van der Waals surface area contributed by atoms with Crippen molar-refractivity contribution in [3.63, 3.8) is 0 Å². The van der Waals surface area contributed by atoms with Crippen LogP contribution in [0.4, 0.5) is 5.69 Å². The molecule has 0 radical (unpaired) electrons. The standard InChI is InChI=1S/C17H22N2O.ClH/c1-4-11-19-12-6-5-10-15(19)17(20)18-16-13(2)8-7-9-14(16)3;/h1,7-9,15H,5-6,10-12H2,2-3H3,(H,18,20);1H/t15-;/m0./s1. The highest BCUT2D eigenvalue weighted by atomic mass is 35.5. The van der Waals surface area contributed by atoms with Crippen molar-refractivity contribution in [2.24, 2.45) is 0 Å². The summed E-state index contributed by atoms with van der Waals surface area (Å²) in [5, 5.41) is 3.09. The Morgan fingerprint density at radius 1 is 1.38 bits per heavy atom. The summed E-state index contributed by atoms with van der Waals surface area (Å²) in [6.07, 6.45) is 8.50. The highest BCUT2D eigenvalue weighted by molar-refractivity contribution is 5.96. The maximum absolute atomic E-state index is 12.5. The van der Waals surface area contributed by atoms with Gasteiger partial charge in [-0.1, -0.05) is 30.5 Å². The number of halogens is 1. The van der Waals surface area contributed by atoms with Crippen LogP contribution in [0, 0.1) is 26.2 Å². The highest BCUT2D eigenvalue weighted by Crippen LogP contribution is 2.22. The smallest absolute Gasteiger partial charge is 0.241 e. The second-order valence-electron chi connectivity index (χ2n) is 5.44. The molecule has 1 N–H and O–H groups in total. The highest BCUT2D eigenvalue weighted by Gasteiger charge is 2.28. The number of hydrogen-bond acceptors (Lipinski definition) is 2. The van der Waals surface area contributed by atoms with Gasteiger partial charge in [0.2, 0.25) is 5.91 Å². The molecule has 21 heavy (non-hydrogen) atoms. The summed E-state index contributed by atoms with van der Waals surface area (Å²) in [5.74, 6) is 2.72. The zero-order chi connectivity index (χ0) is 14.5. The second-order valence-corrected chi connectivity index (χ2v) is 5.44. The van der Waals surface area contributed by atoms with Gasteiger partial charge in [-0.2, -0.15) is 0 Å². The van der Waals surface area contributed by atoms with Crippen molar-refractivity contribution < 1.29 is 4.79 Å². The Hall–Kier alpha value is -1.50. The fraction of sp³-hybridized carbons (Fsp3) is 0.471. The quantitative estimate of drug-likeness (QED) is 0.870. The number of anilines is 1. The lowest BCUT2D eigenvalue weighted by Gasteiger charge is -2.33. The van der Waals surface area contributed by atoms with Crippen LogP contribution in [-0.4, -0.2) is 29.9 Å². The number of piperidine rings is 1. The number of carbonyl (C=O) groups excluding carboxylic acids is 1. The summed E-state index contributed by atoms with van der Waals surface area (Å²) >= 11 is 0. The van der Waals surface area contributed by atoms with E-state index in [-0.39, 0.29) is 24.4 Å². The molecule has 0 aromatic heterocycles. The molecule has 1 saturated heterocycles. The zero-order valence-corrected chi connectivity index (χ0v) is 13.5. The van der Waals surface area contributed by atoms with Gasteiger partial charge in [0.05, 0.1) is 12.6 Å². The third-order valence-corrected chi connectivity index (χ3v) is 3.94. The average molecular weight is 307 g/mol. The van der Waals surface area contributed by atoms with Crippen molar-refractivity contribution in [2.75, 3.05) is 18.4 Å². The number of nitrogens with zero attached hydrogens (tertiary/aromatic N) is 1. The monoisotopic (exact) mass is 306 g/mol. The molecular weight excluding hydrogens is 284 g/mol. The van der Waals surface area contributed by atoms with E-state index < -0.39 is 0 Å². The van der Waals surface area contributed by atoms with Crippen LogP contribution in [0.3, 0.4) is 0 Å². The van der Waals surface area contributed by atoms with Crippen LogP contribution in [0.25, 0.3) is 0 Å². The normalized spacial score (nSPS) is 18.4. The van der Waals surface area contributed by atoms with Crippen molar-refractivity contribution >= 4 is 24.0 Å². The maximum atomic E-state index is 12.5. The summed E-state index contributed by atoms with van der Waals surface area (Å²) in [5.41, 5.74) is 3.12. The Balaban J connectivity index is 0.00000220. The molecule has 1 aromatic rings. The van der Waals surface area contributed by atoms with Gasteiger partial charge >= 0.3 is 0 Å². The van der Waals surface area contributed by atoms with Crippen LogP contribution >= 0.6 is 12.4 Å². The minimum Gasteiger partial charge on any atom is -0.324 e. The molecule has 1 aliphatic heterocycles. The predicted octanol–water partition coefficient (Wildman–Crippen LogP) is 3.15. The van der Waals surface area contributed by atoms with Gasteiger partial charge < -0.3 is 5.32 Å². The summed E-state index contributed by atoms with van der Waals surface area (Å²) < 4.78 is 0. The molecule has 1 heterocycles. The molecule has 0 aliphatic carbocycles. The molecule has 0 unspecified atom stereocenters. The second kappa shape index (κ2) is 8.07. The minimum atomic E-state index is -0.0983. The summed E-state index contributed by atoms with van der Waals surface area (Å²) in [4.78, 5) is 14.6. The van der Waals surface area contributed by atoms with Crippen molar-refractivity contribution in [1.82, 2.24) is 4.90 Å². The predicted molar refractivity (Wildman–Crippen MR) is 89.8 cm³/mol. The first-order valence-electron chi connectivity index (χ1n) is 7.18. The molecule has 1 amide bonds. The molecule has 1 fully saturated rings. The molecule has 4 heteroatoms. The van der Waals surface area contributed by atoms with E-state index in [2.05, 4.69) is 16.1 Å². The number of para-hydroxylation sites is 1. The van der Waals surface area contributed by atoms with Gasteiger partial charge in [0.1, 0.15) is 0 Å². The Morgan fingerprint density at radius 3 is 2.67 bits per heavy atom. The first kappa shape index (κ1) is 17.6. The maximum Gasteiger partial charge on any atom is 0.241 e. The Morgan fingerprint density at radius 2 is 2.05 bits per heavy atom. The Labute approximate surface area is 133 Å². The van der Waals surface area contributed by atoms with E-state index in [1.165, 1.54) is 0 Å². The number of carbonyl (C=O) groups is 1. The fourth-order valence-electron chi connectivity index (χ4n) is 2.81. The first-order chi connectivity index (χ1) is 9.63. The SMILES string of the molecule is C#CCN1CCCC[C@H]1C(=O)Nc1c(C)cccc1C.Cl. The van der Waals surface area contributed by atoms with Crippen LogP contribution in [0.1, 0.15) is 30.4 Å². The van der Waals surface area contributed by atoms with E-state index in [1.807, 2.05) is 32.0 Å². The molecule has 0 spiro atoms. The summed E-state index contributed by atoms with van der Waals surface area (Å²) in [6, 6.07) is 5.94. The number of benzene rings is 1. The third-order valence-electron chi connectivity index (χ3n) is 3.94. The number of rotatable bonds is 3. The van der Waals surface area contributed by atoms with Gasteiger partial charge in [-0.25, -0.2) is 0 Å². The van der Waals surface area contributed by atoms with Gasteiger partial charge in [-0.15, -0.1) is 18.8 Å². The van der Waals surface area contributed by atoms with Crippen molar-refractivity contribution in [1.29, 1.82) is 0 Å². The largest absolute Gasteiger partial charge is 0.324 e. The number of aryl methyl sites for hydroxylation is 2. The van der Waals surface area contributed by atoms with Gasteiger partial charge in [0.25, 0.3) is 0 Å². The minimum absolute atomic E-state index is 0. The van der Waals surface area contributed by atoms with Gasteiger partial charge in [-0.3, -0.25) is 9.69 Å². The summed E-state index contributed by atoms with van der Waals surface area (Å²) in [7, 11) is 0. The average Bonchev–Trinajstić information content (AvgIpc) is 2.44. The lowest BCUT2D eigenvalue weighted by molar-refractivity contribution is -0.122. The molecule has 3 nitrogen and oxygen atoms in total. The van der Waals surface area contributed by atoms with Crippen LogP contribution in [-0.2, 0) is 4.79 Å². The van der Waals surface area contributed by atoms with Crippen molar-refractivity contribution in [3.05, 3.63) is 29.3 Å². The topological polar surface area (TPSA) is 32.3 Å². The van der Waals surface area contributed by atoms with Crippen LogP contribution < -0.4 is 5.32 Å². The van der Waals surface area contributed by atoms with Crippen LogP contribution in [0.2, 0.25) is 0 Å². The van der Waals surface area contributed by atoms with Crippen molar-refractivity contribution in [2.45, 2.75) is 39.2 Å². The van der Waals surface area contributed by atoms with Crippen LogP contribution in [0.15, 0.2) is 18.2 Å². The Bertz CT molecular complexity index is 516. The molecular formula is C17H23ClN2O. The van der Waals surface area contributed by atoms with Gasteiger partial charge in [0, 0.05) is 5.69 Å². The van der Waals surface area contributed by atoms with E-state index >= 15 is 0 Å². The van der Waals surface area contributed by atoms with E-state index in [1.54, 1.807) is 0 Å². The lowest BCUT2D eigenvalue weighted by atomic mass is 10.0. The molecule has 1 aromatic carbocycles. The molecule has 2 rings (SSSR count). The number of hydrogen-bond donors (Lipinski definition) is 1. The van der Waals surface area contributed by atoms with E-state index in [0.717, 1.165) is 42.6 Å². The molecule has 0 bridgehead atoms. The summed E-state index contributed by atoms with van der Waals surface area (Å²) in [6.45, 7) is 5.49. The molecule has 1 aliphatic rings. The number of nitrogens with one attached hydrogen (secondary N) is 1. The van der Waals surface area contributed by atoms with E-state index in [4.69, 9.17) is 6.42 Å². The first-order valence-corrected chi connectivity index (χ1v) is 7.18. The third kappa shape index (κ3) is 4.23. The number of amides is 1. The lowest BCUT2D eigenvalue weighted by Crippen LogP contribution is -2.47. The zero-order valence-electron chi connectivity index (χ0n) is 12.7. The number of terminal acetylenes is 1. The number of likely N-dealkylation sites (tertiary alicyclic amines) is 1. The van der Waals surface area contributed by atoms with Gasteiger partial charge in [-0.05, 0) is 44.4 Å². The van der Waals surface area contributed by atoms with E-state index in [9.17, 15) is 4.79 Å². The van der Waals surface area contributed by atoms with E-state index in [0.29, 0.717) is 6.54 Å². The fourth-order valence-corrected chi connectivity index (χ4v) is 2.81. The molecule has 114 valence electrons.